The number of hydrogen-bond acceptors (Lipinski definition) is 8. The lowest BCUT2D eigenvalue weighted by molar-refractivity contribution is -0.764. The number of methoxy groups -OCH3 is 1. The molecule has 1 aliphatic heterocycles. The molecule has 1 saturated heterocycles. The molecule has 3 heterocycles. The van der Waals surface area contributed by atoms with Crippen LogP contribution in [0.5, 0.6) is 5.75 Å². The van der Waals surface area contributed by atoms with Crippen LogP contribution in [-0.4, -0.2) is 54.9 Å². The number of nitrogens with one attached hydrogen (secondary N) is 1. The predicted octanol–water partition coefficient (Wildman–Crippen LogP) is 4.60. The highest BCUT2D eigenvalue weighted by Gasteiger charge is 2.55. The number of pyridine rings is 1. The van der Waals surface area contributed by atoms with Gasteiger partial charge in [0.2, 0.25) is 6.10 Å². The Kier molecular flexibility index (Phi) is 10.7. The number of H-pyrrole nitrogens is 1. The van der Waals surface area contributed by atoms with Gasteiger partial charge in [-0.25, -0.2) is 14.4 Å². The van der Waals surface area contributed by atoms with Crippen molar-refractivity contribution >= 4 is 50.5 Å². The fourth-order valence-corrected chi connectivity index (χ4v) is 7.23. The SMILES string of the molecule is COc1ccc2[nH]c3c(C)c4cc[n+]([C@@H]5O[C@H](COC(=O)c6ccccc6)[C@@H](OC(=O)c6ccccc6)[C@H]5OC(=O)c5ccccc5)cc4c(C)c3c2c1.[Br-]. The molecule has 0 bridgehead atoms. The van der Waals surface area contributed by atoms with E-state index in [1.807, 2.05) is 41.2 Å². The molecule has 10 nitrogen and oxygen atoms in total. The summed E-state index contributed by atoms with van der Waals surface area (Å²) >= 11 is 0. The zero-order valence-corrected chi connectivity index (χ0v) is 31.8. The standard InChI is InChI=1S/C44H36N2O8.BrH/c1-26-34-24-46(22-21-32(34)27(2)38-37(26)33-23-31(50-3)19-20-35(33)45-38)41-40(54-44(49)30-17-11-6-12-18-30)39(53-43(48)29-15-9-5-10-16-29)36(52-41)25-51-42(47)28-13-7-4-8-14-28;/h4-24,36,39-41H,25H2,1-3H3;1H/t36-,39-,40-,41-;/m1./s1. The van der Waals surface area contributed by atoms with Gasteiger partial charge in [0.1, 0.15) is 18.5 Å². The quantitative estimate of drug-likeness (QED) is 0.128. The van der Waals surface area contributed by atoms with Crippen molar-refractivity contribution in [1.82, 2.24) is 4.98 Å². The van der Waals surface area contributed by atoms with Crippen LogP contribution in [0.1, 0.15) is 48.4 Å². The topological polar surface area (TPSA) is 117 Å². The van der Waals surface area contributed by atoms with Gasteiger partial charge in [-0.2, -0.15) is 4.57 Å². The number of rotatable bonds is 9. The molecule has 0 radical (unpaired) electrons. The van der Waals surface area contributed by atoms with E-state index in [1.165, 1.54) is 0 Å². The average molecular weight is 802 g/mol. The molecular weight excluding hydrogens is 764 g/mol. The maximum Gasteiger partial charge on any atom is 0.338 e. The second-order valence-corrected chi connectivity index (χ2v) is 13.3. The number of aromatic nitrogens is 2. The van der Waals surface area contributed by atoms with Gasteiger partial charge in [-0.05, 0) is 85.0 Å². The summed E-state index contributed by atoms with van der Waals surface area (Å²) in [5.41, 5.74) is 5.08. The zero-order valence-electron chi connectivity index (χ0n) is 30.2. The van der Waals surface area contributed by atoms with Crippen molar-refractivity contribution in [3.8, 4) is 5.75 Å². The molecule has 0 saturated carbocycles. The Morgan fingerprint density at radius 1 is 0.691 bits per heavy atom. The number of nitrogens with zero attached hydrogens (tertiary/aromatic N) is 1. The van der Waals surface area contributed by atoms with E-state index in [1.54, 1.807) is 98.1 Å². The number of hydrogen-bond donors (Lipinski definition) is 1. The van der Waals surface area contributed by atoms with Crippen molar-refractivity contribution in [3.63, 3.8) is 0 Å². The maximum atomic E-state index is 13.7. The third kappa shape index (κ3) is 7.16. The minimum absolute atomic E-state index is 0. The largest absolute Gasteiger partial charge is 1.00 e. The fourth-order valence-electron chi connectivity index (χ4n) is 7.23. The van der Waals surface area contributed by atoms with E-state index in [0.29, 0.717) is 16.7 Å². The van der Waals surface area contributed by atoms with Crippen LogP contribution in [-0.2, 0) is 18.9 Å². The number of esters is 3. The second-order valence-electron chi connectivity index (χ2n) is 13.3. The Morgan fingerprint density at radius 3 is 1.87 bits per heavy atom. The lowest BCUT2D eigenvalue weighted by Crippen LogP contribution is -3.00. The molecular formula is C44H37BrN2O8. The molecule has 8 rings (SSSR count). The first-order valence-electron chi connectivity index (χ1n) is 17.6. The highest BCUT2D eigenvalue weighted by Crippen LogP contribution is 2.38. The Balaban J connectivity index is 0.00000465. The molecule has 1 fully saturated rings. The predicted molar refractivity (Wildman–Crippen MR) is 201 cm³/mol. The summed E-state index contributed by atoms with van der Waals surface area (Å²) in [6, 6.07) is 33.6. The van der Waals surface area contributed by atoms with E-state index in [-0.39, 0.29) is 23.6 Å². The van der Waals surface area contributed by atoms with Crippen LogP contribution in [0.25, 0.3) is 32.6 Å². The van der Waals surface area contributed by atoms with Gasteiger partial charge in [-0.1, -0.05) is 54.6 Å². The van der Waals surface area contributed by atoms with E-state index in [4.69, 9.17) is 23.7 Å². The Labute approximate surface area is 327 Å². The summed E-state index contributed by atoms with van der Waals surface area (Å²) in [5.74, 6) is -1.09. The summed E-state index contributed by atoms with van der Waals surface area (Å²) in [7, 11) is 1.65. The fraction of sp³-hybridized carbons (Fsp3) is 0.182. The highest BCUT2D eigenvalue weighted by atomic mass is 79.9. The normalized spacial score (nSPS) is 17.8. The van der Waals surface area contributed by atoms with Gasteiger partial charge < -0.3 is 45.6 Å². The molecule has 0 amide bonds. The molecule has 278 valence electrons. The average Bonchev–Trinajstić information content (AvgIpc) is 3.77. The van der Waals surface area contributed by atoms with E-state index in [2.05, 4.69) is 18.8 Å². The molecule has 2 aromatic heterocycles. The molecule has 55 heavy (non-hydrogen) atoms. The first kappa shape index (κ1) is 37.3. The van der Waals surface area contributed by atoms with Gasteiger partial charge >= 0.3 is 24.1 Å². The number of carbonyl (C=O) groups excluding carboxylic acids is 3. The Hall–Kier alpha value is -6.04. The first-order chi connectivity index (χ1) is 26.3. The van der Waals surface area contributed by atoms with Crippen LogP contribution in [0.3, 0.4) is 0 Å². The number of benzene rings is 5. The summed E-state index contributed by atoms with van der Waals surface area (Å²) in [6.07, 6.45) is -0.467. The van der Waals surface area contributed by atoms with E-state index < -0.39 is 42.4 Å². The van der Waals surface area contributed by atoms with Crippen LogP contribution in [0.4, 0.5) is 0 Å². The smallest absolute Gasteiger partial charge is 0.338 e. The van der Waals surface area contributed by atoms with Crippen molar-refractivity contribution in [2.75, 3.05) is 13.7 Å². The van der Waals surface area contributed by atoms with Crippen LogP contribution >= 0.6 is 0 Å². The number of carbonyl (C=O) groups is 3. The third-order valence-electron chi connectivity index (χ3n) is 10.0. The molecule has 5 aromatic carbocycles. The first-order valence-corrected chi connectivity index (χ1v) is 17.6. The van der Waals surface area contributed by atoms with Gasteiger partial charge in [0.25, 0.3) is 0 Å². The molecule has 4 atom stereocenters. The van der Waals surface area contributed by atoms with Crippen LogP contribution < -0.4 is 26.3 Å². The maximum absolute atomic E-state index is 13.7. The second kappa shape index (κ2) is 15.7. The number of halogens is 1. The van der Waals surface area contributed by atoms with Gasteiger partial charge in [-0.15, -0.1) is 0 Å². The molecule has 1 N–H and O–H groups in total. The minimum atomic E-state index is -1.16. The summed E-state index contributed by atoms with van der Waals surface area (Å²) in [6.45, 7) is 3.87. The van der Waals surface area contributed by atoms with Crippen molar-refractivity contribution < 1.29 is 59.6 Å². The van der Waals surface area contributed by atoms with Crippen molar-refractivity contribution in [2.45, 2.75) is 38.4 Å². The number of fused-ring (bicyclic) bond motifs is 4. The third-order valence-corrected chi connectivity index (χ3v) is 10.0. The molecule has 0 unspecified atom stereocenters. The Morgan fingerprint density at radius 2 is 1.27 bits per heavy atom. The molecule has 0 aliphatic carbocycles. The molecule has 11 heteroatoms. The van der Waals surface area contributed by atoms with Crippen molar-refractivity contribution in [2.24, 2.45) is 0 Å². The lowest BCUT2D eigenvalue weighted by atomic mass is 9.97. The summed E-state index contributed by atoms with van der Waals surface area (Å²) < 4.78 is 32.1. The van der Waals surface area contributed by atoms with Crippen LogP contribution in [0.2, 0.25) is 0 Å². The highest BCUT2D eigenvalue weighted by molar-refractivity contribution is 6.16. The molecule has 7 aromatic rings. The monoisotopic (exact) mass is 800 g/mol. The van der Waals surface area contributed by atoms with Crippen molar-refractivity contribution in [1.29, 1.82) is 0 Å². The Bertz CT molecular complexity index is 2520. The lowest BCUT2D eigenvalue weighted by Gasteiger charge is -2.23. The summed E-state index contributed by atoms with van der Waals surface area (Å²) in [5, 5.41) is 4.05. The zero-order chi connectivity index (χ0) is 37.3. The van der Waals surface area contributed by atoms with Crippen molar-refractivity contribution in [3.05, 3.63) is 155 Å². The number of ether oxygens (including phenoxy) is 5. The molecule has 0 spiro atoms. The number of aryl methyl sites for hydroxylation is 2. The summed E-state index contributed by atoms with van der Waals surface area (Å²) in [4.78, 5) is 44.0. The minimum Gasteiger partial charge on any atom is -1.00 e. The van der Waals surface area contributed by atoms with E-state index in [9.17, 15) is 14.4 Å². The van der Waals surface area contributed by atoms with E-state index in [0.717, 1.165) is 49.5 Å². The van der Waals surface area contributed by atoms with Crippen LogP contribution in [0.15, 0.2) is 128 Å². The van der Waals surface area contributed by atoms with E-state index >= 15 is 0 Å². The molecule has 1 aliphatic rings. The van der Waals surface area contributed by atoms with Gasteiger partial charge in [0.05, 0.1) is 29.3 Å². The van der Waals surface area contributed by atoms with Gasteiger partial charge in [0, 0.05) is 27.7 Å². The van der Waals surface area contributed by atoms with Gasteiger partial charge in [-0.3, -0.25) is 0 Å². The number of aromatic amines is 1. The van der Waals surface area contributed by atoms with Gasteiger partial charge in [0.15, 0.2) is 18.5 Å². The van der Waals surface area contributed by atoms with Crippen LogP contribution in [0, 0.1) is 13.8 Å².